The van der Waals surface area contributed by atoms with Gasteiger partial charge in [0.15, 0.2) is 0 Å². The molecule has 1 N–H and O–H groups in total. The highest BCUT2D eigenvalue weighted by molar-refractivity contribution is 6.32. The number of carbonyl (C=O) groups is 3. The maximum Gasteiger partial charge on any atom is 0.276 e. The number of fused-ring (bicyclic) bond motifs is 3. The zero-order valence-electron chi connectivity index (χ0n) is 19.6. The van der Waals surface area contributed by atoms with Gasteiger partial charge in [-0.25, -0.2) is 0 Å². The molecule has 1 atom stereocenters. The van der Waals surface area contributed by atoms with E-state index in [0.29, 0.717) is 21.6 Å². The molecule has 0 fully saturated rings. The third kappa shape index (κ3) is 3.61. The zero-order chi connectivity index (χ0) is 24.9. The summed E-state index contributed by atoms with van der Waals surface area (Å²) in [6.45, 7) is 5.64. The molecule has 0 bridgehead atoms. The Labute approximate surface area is 208 Å². The number of rotatable bonds is 4. The largest absolute Gasteiger partial charge is 0.350 e. The summed E-state index contributed by atoms with van der Waals surface area (Å²) in [6, 6.07) is 21.6. The average molecular weight is 486 g/mol. The molecule has 0 radical (unpaired) electrons. The van der Waals surface area contributed by atoms with E-state index in [1.54, 1.807) is 30.3 Å². The number of nitrogens with zero attached hydrogens (tertiary/aromatic N) is 2. The van der Waals surface area contributed by atoms with Crippen molar-refractivity contribution in [2.75, 3.05) is 4.90 Å². The van der Waals surface area contributed by atoms with Crippen molar-refractivity contribution < 1.29 is 14.4 Å². The minimum absolute atomic E-state index is 0.193. The molecule has 0 unspecified atom stereocenters. The Morgan fingerprint density at radius 1 is 0.943 bits per heavy atom. The van der Waals surface area contributed by atoms with Gasteiger partial charge >= 0.3 is 0 Å². The topological polar surface area (TPSA) is 71.4 Å². The summed E-state index contributed by atoms with van der Waals surface area (Å²) in [4.78, 5) is 43.1. The fourth-order valence-corrected chi connectivity index (χ4v) is 4.76. The monoisotopic (exact) mass is 485 g/mol. The highest BCUT2D eigenvalue weighted by Crippen LogP contribution is 2.37. The third-order valence-electron chi connectivity index (χ3n) is 6.74. The SMILES string of the molecule is Cc1ccc(N2C(=O)c3cc4cc(Cl)ccc4n3C(=O)[C@]2(C)C(=O)NCc2ccccc2)cc1C. The highest BCUT2D eigenvalue weighted by atomic mass is 35.5. The van der Waals surface area contributed by atoms with Gasteiger partial charge in [0.25, 0.3) is 17.7 Å². The summed E-state index contributed by atoms with van der Waals surface area (Å²) in [7, 11) is 0. The Morgan fingerprint density at radius 2 is 1.69 bits per heavy atom. The van der Waals surface area contributed by atoms with E-state index in [-0.39, 0.29) is 12.2 Å². The van der Waals surface area contributed by atoms with Crippen LogP contribution in [0.25, 0.3) is 10.9 Å². The standard InChI is InChI=1S/C28H24ClN3O3/c1-17-9-11-22(13-18(17)2)32-25(33)24-15-20-14-21(29)10-12-23(20)31(24)27(35)28(32,3)26(34)30-16-19-7-5-4-6-8-19/h4-15H,16H2,1-3H3,(H,30,34)/t28-/m0/s1. The second-order valence-corrected chi connectivity index (χ2v) is 9.46. The maximum absolute atomic E-state index is 14.1. The molecule has 176 valence electrons. The van der Waals surface area contributed by atoms with Gasteiger partial charge in [0.05, 0.1) is 5.52 Å². The van der Waals surface area contributed by atoms with Gasteiger partial charge in [-0.15, -0.1) is 0 Å². The molecule has 2 amide bonds. The molecule has 35 heavy (non-hydrogen) atoms. The van der Waals surface area contributed by atoms with Gasteiger partial charge in [-0.2, -0.15) is 0 Å². The first-order chi connectivity index (χ1) is 16.7. The summed E-state index contributed by atoms with van der Waals surface area (Å²) < 4.78 is 1.34. The van der Waals surface area contributed by atoms with Crippen molar-refractivity contribution in [3.05, 3.63) is 100 Å². The summed E-state index contributed by atoms with van der Waals surface area (Å²) in [6.07, 6.45) is 0. The third-order valence-corrected chi connectivity index (χ3v) is 6.97. The van der Waals surface area contributed by atoms with Crippen molar-refractivity contribution in [2.24, 2.45) is 0 Å². The van der Waals surface area contributed by atoms with E-state index in [0.717, 1.165) is 16.7 Å². The molecule has 0 saturated heterocycles. The molecule has 1 aromatic heterocycles. The van der Waals surface area contributed by atoms with Crippen LogP contribution in [0.1, 0.15) is 38.9 Å². The second-order valence-electron chi connectivity index (χ2n) is 9.02. The lowest BCUT2D eigenvalue weighted by Crippen LogP contribution is -2.68. The number of hydrogen-bond acceptors (Lipinski definition) is 3. The first kappa shape index (κ1) is 22.9. The van der Waals surface area contributed by atoms with Crippen LogP contribution < -0.4 is 10.2 Å². The number of benzene rings is 3. The van der Waals surface area contributed by atoms with Gasteiger partial charge in [-0.05, 0) is 73.9 Å². The smallest absolute Gasteiger partial charge is 0.276 e. The number of aryl methyl sites for hydroxylation is 2. The van der Waals surface area contributed by atoms with E-state index in [4.69, 9.17) is 11.6 Å². The lowest BCUT2D eigenvalue weighted by Gasteiger charge is -2.42. The van der Waals surface area contributed by atoms with Gasteiger partial charge in [-0.3, -0.25) is 23.9 Å². The van der Waals surface area contributed by atoms with Crippen molar-refractivity contribution in [3.8, 4) is 0 Å². The molecular weight excluding hydrogens is 462 g/mol. The predicted molar refractivity (Wildman–Crippen MR) is 137 cm³/mol. The number of aromatic nitrogens is 1. The maximum atomic E-state index is 14.1. The molecule has 2 heterocycles. The number of carbonyl (C=O) groups excluding carboxylic acids is 3. The van der Waals surface area contributed by atoms with Gasteiger partial charge in [0, 0.05) is 22.6 Å². The Bertz CT molecular complexity index is 1510. The van der Waals surface area contributed by atoms with Crippen LogP contribution in [0.15, 0.2) is 72.8 Å². The highest BCUT2D eigenvalue weighted by Gasteiger charge is 2.55. The first-order valence-electron chi connectivity index (χ1n) is 11.3. The van der Waals surface area contributed by atoms with Gasteiger partial charge in [0.2, 0.25) is 5.54 Å². The predicted octanol–water partition coefficient (Wildman–Crippen LogP) is 5.29. The number of nitrogens with one attached hydrogen (secondary N) is 1. The van der Waals surface area contributed by atoms with Crippen molar-refractivity contribution in [3.63, 3.8) is 0 Å². The van der Waals surface area contributed by atoms with E-state index in [9.17, 15) is 14.4 Å². The molecule has 4 aromatic rings. The van der Waals surface area contributed by atoms with E-state index in [1.165, 1.54) is 16.4 Å². The van der Waals surface area contributed by atoms with E-state index >= 15 is 0 Å². The zero-order valence-corrected chi connectivity index (χ0v) is 20.4. The van der Waals surface area contributed by atoms with Gasteiger partial charge in [-0.1, -0.05) is 48.0 Å². The fraction of sp³-hybridized carbons (Fsp3) is 0.179. The van der Waals surface area contributed by atoms with E-state index in [2.05, 4.69) is 5.32 Å². The van der Waals surface area contributed by atoms with Crippen molar-refractivity contribution in [1.82, 2.24) is 9.88 Å². The first-order valence-corrected chi connectivity index (χ1v) is 11.7. The Morgan fingerprint density at radius 3 is 2.40 bits per heavy atom. The lowest BCUT2D eigenvalue weighted by molar-refractivity contribution is -0.124. The summed E-state index contributed by atoms with van der Waals surface area (Å²) in [5.41, 5.74) is 2.28. The normalized spacial score (nSPS) is 17.5. The van der Waals surface area contributed by atoms with Gasteiger partial charge in [0.1, 0.15) is 5.69 Å². The van der Waals surface area contributed by atoms with Crippen molar-refractivity contribution in [1.29, 1.82) is 0 Å². The molecule has 1 aliphatic rings. The average Bonchev–Trinajstić information content (AvgIpc) is 3.23. The second kappa shape index (κ2) is 8.40. The molecule has 3 aromatic carbocycles. The van der Waals surface area contributed by atoms with Crippen LogP contribution in [0, 0.1) is 13.8 Å². The lowest BCUT2D eigenvalue weighted by atomic mass is 9.92. The van der Waals surface area contributed by atoms with Crippen LogP contribution in [0.4, 0.5) is 5.69 Å². The van der Waals surface area contributed by atoms with Crippen LogP contribution in [0.2, 0.25) is 5.02 Å². The van der Waals surface area contributed by atoms with Gasteiger partial charge < -0.3 is 5.32 Å². The van der Waals surface area contributed by atoms with Crippen LogP contribution in [0.5, 0.6) is 0 Å². The molecule has 1 aliphatic heterocycles. The number of halogens is 1. The molecule has 7 heteroatoms. The van der Waals surface area contributed by atoms with Crippen molar-refractivity contribution >= 4 is 45.9 Å². The van der Waals surface area contributed by atoms with Crippen LogP contribution in [0.3, 0.4) is 0 Å². The van der Waals surface area contributed by atoms with Crippen LogP contribution in [-0.4, -0.2) is 27.8 Å². The van der Waals surface area contributed by atoms with Crippen molar-refractivity contribution in [2.45, 2.75) is 32.9 Å². The molecule has 0 aliphatic carbocycles. The summed E-state index contributed by atoms with van der Waals surface area (Å²) in [5.74, 6) is -1.50. The summed E-state index contributed by atoms with van der Waals surface area (Å²) in [5, 5.41) is 4.03. The molecule has 0 spiro atoms. The molecule has 5 rings (SSSR count). The molecule has 0 saturated carbocycles. The molecule has 6 nitrogen and oxygen atoms in total. The minimum Gasteiger partial charge on any atom is -0.350 e. The van der Waals surface area contributed by atoms with Crippen LogP contribution >= 0.6 is 11.6 Å². The van der Waals surface area contributed by atoms with E-state index in [1.807, 2.05) is 56.3 Å². The van der Waals surface area contributed by atoms with Crippen LogP contribution in [-0.2, 0) is 11.3 Å². The Hall–Kier alpha value is -3.90. The quantitative estimate of drug-likeness (QED) is 0.399. The number of anilines is 1. The number of amides is 2. The minimum atomic E-state index is -1.81. The number of hydrogen-bond donors (Lipinski definition) is 1. The Kier molecular flexibility index (Phi) is 5.49. The summed E-state index contributed by atoms with van der Waals surface area (Å²) >= 11 is 6.16. The molecular formula is C28H24ClN3O3. The van der Waals surface area contributed by atoms with E-state index < -0.39 is 23.3 Å². The Balaban J connectivity index is 1.67. The fourth-order valence-electron chi connectivity index (χ4n) is 4.58.